The topological polar surface area (TPSA) is 78.9 Å². The van der Waals surface area contributed by atoms with E-state index in [-0.39, 0.29) is 37.5 Å². The molecule has 0 heterocycles. The summed E-state index contributed by atoms with van der Waals surface area (Å²) in [4.78, 5) is 38.4. The highest BCUT2D eigenvalue weighted by atomic mass is 16.6. The van der Waals surface area contributed by atoms with E-state index >= 15 is 0 Å². The Labute approximate surface area is 501 Å². The molecule has 0 bridgehead atoms. The van der Waals surface area contributed by atoms with Crippen molar-refractivity contribution in [1.82, 2.24) is 0 Å². The van der Waals surface area contributed by atoms with E-state index in [4.69, 9.17) is 14.2 Å². The summed E-state index contributed by atoms with van der Waals surface area (Å²) < 4.78 is 16.9. The van der Waals surface area contributed by atoms with Gasteiger partial charge in [0, 0.05) is 19.3 Å². The molecule has 0 aliphatic carbocycles. The summed E-state index contributed by atoms with van der Waals surface area (Å²) in [5.41, 5.74) is 0. The first kappa shape index (κ1) is 76.8. The molecule has 462 valence electrons. The van der Waals surface area contributed by atoms with Gasteiger partial charge in [0.25, 0.3) is 0 Å². The van der Waals surface area contributed by atoms with Crippen LogP contribution >= 0.6 is 0 Å². The number of allylic oxidation sites excluding steroid dienone is 20. The Morgan fingerprint density at radius 2 is 0.481 bits per heavy atom. The summed E-state index contributed by atoms with van der Waals surface area (Å²) in [5, 5.41) is 0. The Kier molecular flexibility index (Phi) is 64.8. The Balaban J connectivity index is 4.45. The van der Waals surface area contributed by atoms with Gasteiger partial charge >= 0.3 is 17.9 Å². The van der Waals surface area contributed by atoms with Crippen LogP contribution < -0.4 is 0 Å². The number of hydrogen-bond acceptors (Lipinski definition) is 6. The minimum Gasteiger partial charge on any atom is -0.462 e. The molecule has 0 aromatic heterocycles. The van der Waals surface area contributed by atoms with Crippen molar-refractivity contribution in [3.8, 4) is 0 Å². The quantitative estimate of drug-likeness (QED) is 0.0261. The molecule has 0 spiro atoms. The van der Waals surface area contributed by atoms with Crippen LogP contribution in [0.15, 0.2) is 122 Å². The van der Waals surface area contributed by atoms with Crippen LogP contribution in [0.4, 0.5) is 0 Å². The van der Waals surface area contributed by atoms with Gasteiger partial charge < -0.3 is 14.2 Å². The normalized spacial score (nSPS) is 12.9. The fraction of sp³-hybridized carbons (Fsp3) is 0.693. The molecule has 1 unspecified atom stereocenters. The van der Waals surface area contributed by atoms with Gasteiger partial charge in [0.15, 0.2) is 6.10 Å². The zero-order valence-corrected chi connectivity index (χ0v) is 53.0. The second-order valence-electron chi connectivity index (χ2n) is 22.3. The minimum absolute atomic E-state index is 0.0964. The van der Waals surface area contributed by atoms with E-state index in [2.05, 4.69) is 142 Å². The first-order valence-electron chi connectivity index (χ1n) is 34.0. The average Bonchev–Trinajstić information content (AvgIpc) is 3.47. The van der Waals surface area contributed by atoms with Crippen LogP contribution in [0, 0.1) is 0 Å². The van der Waals surface area contributed by atoms with Gasteiger partial charge in [0.2, 0.25) is 0 Å². The van der Waals surface area contributed by atoms with Gasteiger partial charge in [0.1, 0.15) is 13.2 Å². The van der Waals surface area contributed by atoms with E-state index in [1.54, 1.807) is 0 Å². The number of rotatable bonds is 61. The van der Waals surface area contributed by atoms with Crippen LogP contribution in [0.3, 0.4) is 0 Å². The molecule has 0 rings (SSSR count). The molecule has 0 fully saturated rings. The highest BCUT2D eigenvalue weighted by Gasteiger charge is 2.19. The van der Waals surface area contributed by atoms with Crippen molar-refractivity contribution < 1.29 is 28.6 Å². The lowest BCUT2D eigenvalue weighted by atomic mass is 10.0. The third-order valence-electron chi connectivity index (χ3n) is 14.5. The van der Waals surface area contributed by atoms with Crippen molar-refractivity contribution in [1.29, 1.82) is 0 Å². The molecule has 0 aromatic rings. The highest BCUT2D eigenvalue weighted by Crippen LogP contribution is 2.17. The van der Waals surface area contributed by atoms with E-state index in [0.717, 1.165) is 116 Å². The molecule has 0 aliphatic rings. The van der Waals surface area contributed by atoms with Crippen LogP contribution in [0.25, 0.3) is 0 Å². The number of unbranched alkanes of at least 4 members (excludes halogenated alkanes) is 30. The zero-order valence-electron chi connectivity index (χ0n) is 53.0. The van der Waals surface area contributed by atoms with E-state index in [9.17, 15) is 14.4 Å². The standard InChI is InChI=1S/C75H126O6/c1-4-7-10-13-16-19-22-25-28-31-34-36-37-39-41-44-47-50-53-56-59-62-65-68-74(77)80-71-72(70-79-73(76)67-64-61-58-55-52-49-46-43-40-33-30-27-24-21-18-15-12-9-6-3)81-75(78)69-66-63-60-57-54-51-48-45-42-38-35-32-29-26-23-20-17-14-11-8-5-2/h7-8,10-11,16-17,19-20,25-26,28-29,34-36,38,45,48,54,57,72H,4-6,9,12-15,18,21-24,27,30-33,37,39-44,46-47,49-53,55-56,58-71H2,1-3H3/b10-7-,11-8-,19-16-,20-17-,28-25-,29-26-,36-34-,38-35-,48-45-,57-54-. The Morgan fingerprint density at radius 3 is 0.778 bits per heavy atom. The number of carbonyl (C=O) groups excluding carboxylic acids is 3. The lowest BCUT2D eigenvalue weighted by Crippen LogP contribution is -2.30. The second kappa shape index (κ2) is 68.3. The first-order valence-corrected chi connectivity index (χ1v) is 34.0. The largest absolute Gasteiger partial charge is 0.462 e. The van der Waals surface area contributed by atoms with Gasteiger partial charge in [-0.25, -0.2) is 0 Å². The fourth-order valence-electron chi connectivity index (χ4n) is 9.44. The maximum Gasteiger partial charge on any atom is 0.306 e. The van der Waals surface area contributed by atoms with Crippen LogP contribution in [-0.4, -0.2) is 37.2 Å². The third-order valence-corrected chi connectivity index (χ3v) is 14.5. The van der Waals surface area contributed by atoms with Crippen molar-refractivity contribution >= 4 is 17.9 Å². The summed E-state index contributed by atoms with van der Waals surface area (Å²) in [5.74, 6) is -0.933. The lowest BCUT2D eigenvalue weighted by Gasteiger charge is -2.18. The van der Waals surface area contributed by atoms with Crippen molar-refractivity contribution in [2.45, 2.75) is 322 Å². The monoisotopic (exact) mass is 1120 g/mol. The molecule has 6 nitrogen and oxygen atoms in total. The molecule has 0 radical (unpaired) electrons. The van der Waals surface area contributed by atoms with E-state index in [1.807, 2.05) is 0 Å². The van der Waals surface area contributed by atoms with Gasteiger partial charge in [-0.1, -0.05) is 309 Å². The number of carbonyl (C=O) groups is 3. The maximum absolute atomic E-state index is 12.9. The van der Waals surface area contributed by atoms with E-state index < -0.39 is 6.10 Å². The second-order valence-corrected chi connectivity index (χ2v) is 22.3. The van der Waals surface area contributed by atoms with Gasteiger partial charge in [0.05, 0.1) is 0 Å². The third kappa shape index (κ3) is 66.5. The average molecular weight is 1120 g/mol. The van der Waals surface area contributed by atoms with Gasteiger partial charge in [-0.3, -0.25) is 14.4 Å². The molecule has 0 saturated carbocycles. The molecular formula is C75H126O6. The molecule has 0 aliphatic heterocycles. The highest BCUT2D eigenvalue weighted by molar-refractivity contribution is 5.71. The summed E-state index contributed by atoms with van der Waals surface area (Å²) >= 11 is 0. The smallest absolute Gasteiger partial charge is 0.306 e. The number of hydrogen-bond donors (Lipinski definition) is 0. The summed E-state index contributed by atoms with van der Waals surface area (Å²) in [6.07, 6.45) is 95.0. The summed E-state index contributed by atoms with van der Waals surface area (Å²) in [6, 6.07) is 0. The fourth-order valence-corrected chi connectivity index (χ4v) is 9.44. The zero-order chi connectivity index (χ0) is 58.5. The SMILES string of the molecule is CC/C=C\C/C=C\C/C=C\C/C=C\C/C=C\C/C=C\CCCCC(=O)OC(COC(=O)CCCCCCCCCCCC/C=C\C/C=C\C/C=C\C/C=C\CC)COC(=O)CCCCCCCCCCCCCCCCCCCCC. The molecule has 0 aromatic carbocycles. The molecule has 6 heteroatoms. The molecule has 81 heavy (non-hydrogen) atoms. The van der Waals surface area contributed by atoms with Crippen molar-refractivity contribution in [3.05, 3.63) is 122 Å². The predicted molar refractivity (Wildman–Crippen MR) is 353 cm³/mol. The molecule has 0 amide bonds. The molecular weight excluding hydrogens is 997 g/mol. The van der Waals surface area contributed by atoms with Crippen molar-refractivity contribution in [3.63, 3.8) is 0 Å². The molecule has 0 saturated heterocycles. The predicted octanol–water partition coefficient (Wildman–Crippen LogP) is 23.6. The van der Waals surface area contributed by atoms with Gasteiger partial charge in [-0.05, 0) is 109 Å². The minimum atomic E-state index is -0.807. The molecule has 0 N–H and O–H groups in total. The molecule has 1 atom stereocenters. The van der Waals surface area contributed by atoms with Crippen molar-refractivity contribution in [2.24, 2.45) is 0 Å². The Hall–Kier alpha value is -4.19. The van der Waals surface area contributed by atoms with Crippen molar-refractivity contribution in [2.75, 3.05) is 13.2 Å². The van der Waals surface area contributed by atoms with Gasteiger partial charge in [-0.15, -0.1) is 0 Å². The number of esters is 3. The summed E-state index contributed by atoms with van der Waals surface area (Å²) in [7, 11) is 0. The lowest BCUT2D eigenvalue weighted by molar-refractivity contribution is -0.167. The first-order chi connectivity index (χ1) is 40.0. The number of ether oxygens (including phenoxy) is 3. The van der Waals surface area contributed by atoms with Gasteiger partial charge in [-0.2, -0.15) is 0 Å². The van der Waals surface area contributed by atoms with Crippen LogP contribution in [0.2, 0.25) is 0 Å². The van der Waals surface area contributed by atoms with Crippen LogP contribution in [0.5, 0.6) is 0 Å². The summed E-state index contributed by atoms with van der Waals surface area (Å²) in [6.45, 7) is 6.41. The maximum atomic E-state index is 12.9. The van der Waals surface area contributed by atoms with Crippen LogP contribution in [-0.2, 0) is 28.6 Å². The Bertz CT molecular complexity index is 1670. The van der Waals surface area contributed by atoms with Crippen LogP contribution in [0.1, 0.15) is 316 Å². The Morgan fingerprint density at radius 1 is 0.259 bits per heavy atom. The van der Waals surface area contributed by atoms with E-state index in [0.29, 0.717) is 19.3 Å². The van der Waals surface area contributed by atoms with E-state index in [1.165, 1.54) is 154 Å².